The van der Waals surface area contributed by atoms with Crippen LogP contribution in [0.15, 0.2) is 12.1 Å². The zero-order valence-electron chi connectivity index (χ0n) is 17.3. The summed E-state index contributed by atoms with van der Waals surface area (Å²) < 4.78 is 6.75. The molecular weight excluding hydrogens is 350 g/mol. The van der Waals surface area contributed by atoms with Crippen molar-refractivity contribution in [2.75, 3.05) is 6.54 Å². The van der Waals surface area contributed by atoms with Gasteiger partial charge in [0.25, 0.3) is 0 Å². The van der Waals surface area contributed by atoms with Crippen LogP contribution in [-0.4, -0.2) is 34.5 Å². The number of hydrogen-bond donors (Lipinski definition) is 3. The van der Waals surface area contributed by atoms with E-state index >= 15 is 0 Å². The van der Waals surface area contributed by atoms with Crippen molar-refractivity contribution in [1.82, 2.24) is 5.32 Å². The van der Waals surface area contributed by atoms with Gasteiger partial charge in [-0.3, -0.25) is 0 Å². The van der Waals surface area contributed by atoms with Crippen molar-refractivity contribution < 1.29 is 14.9 Å². The summed E-state index contributed by atoms with van der Waals surface area (Å²) in [5.41, 5.74) is 2.22. The molecule has 7 rings (SSSR count). The highest BCUT2D eigenvalue weighted by Crippen LogP contribution is 2.95. The minimum Gasteiger partial charge on any atom is -0.504 e. The lowest BCUT2D eigenvalue weighted by molar-refractivity contribution is -0.190. The zero-order chi connectivity index (χ0) is 19.5. The van der Waals surface area contributed by atoms with E-state index < -0.39 is 5.60 Å². The van der Waals surface area contributed by atoms with Crippen LogP contribution in [0.3, 0.4) is 0 Å². The van der Waals surface area contributed by atoms with Gasteiger partial charge in [0.05, 0.1) is 5.60 Å². The van der Waals surface area contributed by atoms with Gasteiger partial charge in [-0.2, -0.15) is 0 Å². The van der Waals surface area contributed by atoms with E-state index in [0.29, 0.717) is 23.6 Å². The fourth-order valence-corrected chi connectivity index (χ4v) is 9.73. The van der Waals surface area contributed by atoms with Gasteiger partial charge in [-0.1, -0.05) is 33.8 Å². The maximum Gasteiger partial charge on any atom is 0.165 e. The summed E-state index contributed by atoms with van der Waals surface area (Å²) >= 11 is 0. The van der Waals surface area contributed by atoms with E-state index in [4.69, 9.17) is 4.74 Å². The number of phenolic OH excluding ortho intramolecular Hbond substituents is 1. The second kappa shape index (κ2) is 4.13. The van der Waals surface area contributed by atoms with E-state index in [1.807, 2.05) is 6.07 Å². The number of phenols is 1. The Hall–Kier alpha value is -1.26. The number of nitrogens with one attached hydrogen (secondary N) is 1. The monoisotopic (exact) mass is 381 g/mol. The molecule has 0 amide bonds. The third kappa shape index (κ3) is 1.20. The molecule has 150 valence electrons. The van der Waals surface area contributed by atoms with Gasteiger partial charge in [0.15, 0.2) is 11.5 Å². The van der Waals surface area contributed by atoms with Crippen molar-refractivity contribution >= 4 is 0 Å². The van der Waals surface area contributed by atoms with E-state index in [9.17, 15) is 10.2 Å². The predicted molar refractivity (Wildman–Crippen MR) is 105 cm³/mol. The van der Waals surface area contributed by atoms with Crippen LogP contribution >= 0.6 is 0 Å². The fraction of sp³-hybridized carbons (Fsp3) is 0.750. The Morgan fingerprint density at radius 2 is 2.04 bits per heavy atom. The second-order valence-corrected chi connectivity index (χ2v) is 11.7. The van der Waals surface area contributed by atoms with Gasteiger partial charge < -0.3 is 20.3 Å². The van der Waals surface area contributed by atoms with Crippen LogP contribution in [-0.2, 0) is 11.8 Å². The average molecular weight is 382 g/mol. The largest absolute Gasteiger partial charge is 0.504 e. The highest BCUT2D eigenvalue weighted by molar-refractivity contribution is 5.66. The Morgan fingerprint density at radius 3 is 2.75 bits per heavy atom. The molecule has 0 radical (unpaired) electrons. The maximum absolute atomic E-state index is 11.7. The maximum atomic E-state index is 11.7. The summed E-state index contributed by atoms with van der Waals surface area (Å²) in [5, 5.41) is 26.3. The first kappa shape index (κ1) is 16.5. The molecule has 4 nitrogen and oxygen atoms in total. The average Bonchev–Trinajstić information content (AvgIpc) is 2.90. The van der Waals surface area contributed by atoms with Gasteiger partial charge >= 0.3 is 0 Å². The summed E-state index contributed by atoms with van der Waals surface area (Å²) in [4.78, 5) is 0. The molecule has 1 unspecified atom stereocenters. The van der Waals surface area contributed by atoms with Crippen molar-refractivity contribution in [1.29, 1.82) is 0 Å². The number of rotatable bonds is 1. The number of fused-ring (bicyclic) bond motifs is 1. The molecule has 4 heteroatoms. The van der Waals surface area contributed by atoms with Gasteiger partial charge in [0, 0.05) is 33.8 Å². The van der Waals surface area contributed by atoms with Gasteiger partial charge in [0.1, 0.15) is 6.10 Å². The van der Waals surface area contributed by atoms with Crippen LogP contribution in [0.5, 0.6) is 11.5 Å². The van der Waals surface area contributed by atoms with Crippen LogP contribution in [0, 0.1) is 28.1 Å². The lowest BCUT2D eigenvalue weighted by Gasteiger charge is -2.62. The smallest absolute Gasteiger partial charge is 0.165 e. The van der Waals surface area contributed by atoms with Crippen molar-refractivity contribution in [3.63, 3.8) is 0 Å². The SMILES string of the molecule is CC[C@]12C3[C@H]4[C@@]3(C[C@@]4(O)C(C)(C)C)[C@@H]3Oc4c(O)ccc5c4[C@@]31CCN[C@@H]2C5. The molecule has 4 aliphatic carbocycles. The summed E-state index contributed by atoms with van der Waals surface area (Å²) in [6.07, 6.45) is 4.18. The molecule has 2 heterocycles. The molecule has 3 N–H and O–H groups in total. The number of aromatic hydroxyl groups is 1. The molecule has 2 spiro atoms. The van der Waals surface area contributed by atoms with Gasteiger partial charge in [-0.25, -0.2) is 0 Å². The first-order valence-corrected chi connectivity index (χ1v) is 11.2. The molecule has 1 aromatic carbocycles. The molecule has 0 aromatic heterocycles. The number of ether oxygens (including phenoxy) is 1. The third-order valence-corrected chi connectivity index (χ3v) is 10.5. The topological polar surface area (TPSA) is 61.7 Å². The number of piperidine rings is 1. The van der Waals surface area contributed by atoms with E-state index in [-0.39, 0.29) is 27.8 Å². The Morgan fingerprint density at radius 1 is 1.25 bits per heavy atom. The lowest BCUT2D eigenvalue weighted by Crippen LogP contribution is -2.70. The minimum absolute atomic E-state index is 0.0136. The van der Waals surface area contributed by atoms with Gasteiger partial charge in [0.2, 0.25) is 0 Å². The molecule has 28 heavy (non-hydrogen) atoms. The Bertz CT molecular complexity index is 952. The Balaban J connectivity index is 1.51. The fourth-order valence-electron chi connectivity index (χ4n) is 9.73. The second-order valence-electron chi connectivity index (χ2n) is 11.7. The third-order valence-electron chi connectivity index (χ3n) is 10.5. The number of benzene rings is 1. The molecule has 4 fully saturated rings. The normalized spacial score (nSPS) is 53.6. The van der Waals surface area contributed by atoms with Crippen molar-refractivity contribution in [3.05, 3.63) is 23.3 Å². The molecule has 3 saturated carbocycles. The standard InChI is InChI=1S/C24H31NO3/c1-5-22-14-10-12-6-7-13(26)16-15(12)23(22,8-9-25-14)19(28-16)21-11-24(27,20(2,3)4)18(21)17(21)22/h6-7,14,17-19,25-27H,5,8-11H2,1-4H3/t14-,17?,18+,19+,21+,22+,23+,24+/m1/s1. The van der Waals surface area contributed by atoms with E-state index in [1.165, 1.54) is 11.1 Å². The molecular formula is C24H31NO3. The Kier molecular flexibility index (Phi) is 2.44. The van der Waals surface area contributed by atoms with Gasteiger partial charge in [-0.15, -0.1) is 0 Å². The first-order valence-electron chi connectivity index (χ1n) is 11.2. The molecule has 1 aromatic rings. The van der Waals surface area contributed by atoms with Crippen LogP contribution < -0.4 is 10.1 Å². The van der Waals surface area contributed by atoms with Crippen molar-refractivity contribution in [2.45, 2.75) is 76.5 Å². The molecule has 8 atom stereocenters. The molecule has 6 aliphatic rings. The van der Waals surface area contributed by atoms with Crippen LogP contribution in [0.4, 0.5) is 0 Å². The highest BCUT2D eigenvalue weighted by Gasteiger charge is 2.99. The van der Waals surface area contributed by atoms with E-state index in [0.717, 1.165) is 38.0 Å². The van der Waals surface area contributed by atoms with E-state index in [1.54, 1.807) is 0 Å². The quantitative estimate of drug-likeness (QED) is 0.699. The molecule has 2 aliphatic heterocycles. The zero-order valence-corrected chi connectivity index (χ0v) is 17.3. The summed E-state index contributed by atoms with van der Waals surface area (Å²) in [6, 6.07) is 4.40. The summed E-state index contributed by atoms with van der Waals surface area (Å²) in [5.74, 6) is 1.93. The van der Waals surface area contributed by atoms with Crippen LogP contribution in [0.1, 0.15) is 58.1 Å². The van der Waals surface area contributed by atoms with Crippen molar-refractivity contribution in [2.24, 2.45) is 28.1 Å². The highest BCUT2D eigenvalue weighted by atomic mass is 16.5. The first-order chi connectivity index (χ1) is 13.2. The van der Waals surface area contributed by atoms with Crippen molar-refractivity contribution in [3.8, 4) is 11.5 Å². The summed E-state index contributed by atoms with van der Waals surface area (Å²) in [6.45, 7) is 9.96. The van der Waals surface area contributed by atoms with Gasteiger partial charge in [-0.05, 0) is 55.2 Å². The van der Waals surface area contributed by atoms with E-state index in [2.05, 4.69) is 39.1 Å². The van der Waals surface area contributed by atoms with Crippen LogP contribution in [0.25, 0.3) is 0 Å². The predicted octanol–water partition coefficient (Wildman–Crippen LogP) is 3.13. The minimum atomic E-state index is -0.601. The summed E-state index contributed by atoms with van der Waals surface area (Å²) in [7, 11) is 0. The molecule has 2 bridgehead atoms. The number of aliphatic hydroxyl groups is 1. The Labute approximate surface area is 166 Å². The van der Waals surface area contributed by atoms with Crippen LogP contribution in [0.2, 0.25) is 0 Å². The number of hydrogen-bond acceptors (Lipinski definition) is 4. The lowest BCUT2D eigenvalue weighted by atomic mass is 9.44. The molecule has 1 saturated heterocycles.